The van der Waals surface area contributed by atoms with Crippen molar-refractivity contribution in [2.24, 2.45) is 0 Å². The van der Waals surface area contributed by atoms with Gasteiger partial charge in [0.1, 0.15) is 5.82 Å². The smallest absolute Gasteiger partial charge is 0.313 e. The Morgan fingerprint density at radius 1 is 1.08 bits per heavy atom. The number of benzene rings is 2. The van der Waals surface area contributed by atoms with Crippen molar-refractivity contribution < 1.29 is 19.1 Å². The van der Waals surface area contributed by atoms with Gasteiger partial charge in [0.15, 0.2) is 0 Å². The zero-order valence-electron chi connectivity index (χ0n) is 14.0. The maximum atomic E-state index is 13.5. The van der Waals surface area contributed by atoms with E-state index in [1.165, 1.54) is 25.1 Å². The zero-order valence-corrected chi connectivity index (χ0v) is 14.0. The third kappa shape index (κ3) is 5.12. The summed E-state index contributed by atoms with van der Waals surface area (Å²) in [6.45, 7) is 1.72. The van der Waals surface area contributed by atoms with Gasteiger partial charge in [-0.2, -0.15) is 0 Å². The fourth-order valence-electron chi connectivity index (χ4n) is 2.49. The highest BCUT2D eigenvalue weighted by atomic mass is 19.1. The van der Waals surface area contributed by atoms with Gasteiger partial charge in [-0.3, -0.25) is 9.59 Å². The Bertz CT molecular complexity index is 735. The predicted molar refractivity (Wildman–Crippen MR) is 93.7 cm³/mol. The van der Waals surface area contributed by atoms with Crippen LogP contribution in [-0.2, 0) is 9.59 Å². The summed E-state index contributed by atoms with van der Waals surface area (Å²) < 4.78 is 13.5. The number of aliphatic hydroxyl groups excluding tert-OH is 1. The second-order valence-electron chi connectivity index (χ2n) is 5.70. The van der Waals surface area contributed by atoms with Crippen molar-refractivity contribution in [3.8, 4) is 0 Å². The van der Waals surface area contributed by atoms with Crippen LogP contribution in [0.1, 0.15) is 23.5 Å². The SMILES string of the molecule is Cc1c(F)cccc1NC(=O)C(=O)NCC(CCO)c1ccccc1. The zero-order chi connectivity index (χ0) is 18.2. The minimum Gasteiger partial charge on any atom is -0.396 e. The number of hydrogen-bond acceptors (Lipinski definition) is 3. The summed E-state index contributed by atoms with van der Waals surface area (Å²) in [5.41, 5.74) is 1.50. The number of anilines is 1. The molecule has 0 bridgehead atoms. The minimum atomic E-state index is -0.857. The summed E-state index contributed by atoms with van der Waals surface area (Å²) in [4.78, 5) is 24.0. The van der Waals surface area contributed by atoms with Gasteiger partial charge in [-0.05, 0) is 31.0 Å². The van der Waals surface area contributed by atoms with E-state index in [1.807, 2.05) is 30.3 Å². The van der Waals surface area contributed by atoms with E-state index in [1.54, 1.807) is 0 Å². The van der Waals surface area contributed by atoms with Gasteiger partial charge in [-0.25, -0.2) is 4.39 Å². The van der Waals surface area contributed by atoms with Crippen molar-refractivity contribution in [3.05, 3.63) is 65.5 Å². The van der Waals surface area contributed by atoms with Crippen molar-refractivity contribution in [3.63, 3.8) is 0 Å². The van der Waals surface area contributed by atoms with E-state index in [2.05, 4.69) is 10.6 Å². The first kappa shape index (κ1) is 18.6. The van der Waals surface area contributed by atoms with E-state index in [4.69, 9.17) is 0 Å². The molecule has 3 N–H and O–H groups in total. The molecule has 0 saturated carbocycles. The summed E-state index contributed by atoms with van der Waals surface area (Å²) >= 11 is 0. The Kier molecular flexibility index (Phi) is 6.65. The van der Waals surface area contributed by atoms with Gasteiger partial charge in [0.05, 0.1) is 0 Å². The molecule has 5 nitrogen and oxygen atoms in total. The van der Waals surface area contributed by atoms with Gasteiger partial charge < -0.3 is 15.7 Å². The van der Waals surface area contributed by atoms with Crippen molar-refractivity contribution in [2.75, 3.05) is 18.5 Å². The molecule has 2 amide bonds. The molecule has 6 heteroatoms. The molecule has 0 spiro atoms. The molecule has 2 rings (SSSR count). The molecule has 0 aliphatic heterocycles. The average molecular weight is 344 g/mol. The molecular formula is C19H21FN2O3. The van der Waals surface area contributed by atoms with E-state index >= 15 is 0 Å². The fraction of sp³-hybridized carbons (Fsp3) is 0.263. The molecule has 2 aromatic rings. The number of aliphatic hydroxyl groups is 1. The lowest BCUT2D eigenvalue weighted by Crippen LogP contribution is -2.38. The number of carbonyl (C=O) groups excluding carboxylic acids is 2. The fourth-order valence-corrected chi connectivity index (χ4v) is 2.49. The van der Waals surface area contributed by atoms with Crippen LogP contribution in [0.15, 0.2) is 48.5 Å². The highest BCUT2D eigenvalue weighted by Crippen LogP contribution is 2.19. The van der Waals surface area contributed by atoms with Crippen molar-refractivity contribution in [1.82, 2.24) is 5.32 Å². The van der Waals surface area contributed by atoms with E-state index in [0.717, 1.165) is 5.56 Å². The number of hydrogen-bond donors (Lipinski definition) is 3. The van der Waals surface area contributed by atoms with Gasteiger partial charge in [-0.15, -0.1) is 0 Å². The minimum absolute atomic E-state index is 0.0237. The van der Waals surface area contributed by atoms with Gasteiger partial charge in [0, 0.05) is 30.3 Å². The van der Waals surface area contributed by atoms with Gasteiger partial charge in [0.25, 0.3) is 0 Å². The second-order valence-corrected chi connectivity index (χ2v) is 5.70. The quantitative estimate of drug-likeness (QED) is 0.704. The summed E-state index contributed by atoms with van der Waals surface area (Å²) in [6.07, 6.45) is 0.467. The lowest BCUT2D eigenvalue weighted by molar-refractivity contribution is -0.136. The molecule has 0 fully saturated rings. The topological polar surface area (TPSA) is 78.4 Å². The Morgan fingerprint density at radius 3 is 2.48 bits per heavy atom. The molecule has 0 aromatic heterocycles. The average Bonchev–Trinajstić information content (AvgIpc) is 2.63. The molecule has 2 aromatic carbocycles. The summed E-state index contributed by atoms with van der Waals surface area (Å²) in [6, 6.07) is 13.7. The molecule has 0 aliphatic rings. The summed E-state index contributed by atoms with van der Waals surface area (Å²) in [5.74, 6) is -2.21. The lowest BCUT2D eigenvalue weighted by atomic mass is 9.96. The first-order valence-electron chi connectivity index (χ1n) is 8.03. The van der Waals surface area contributed by atoms with E-state index in [0.29, 0.717) is 6.42 Å². The maximum Gasteiger partial charge on any atom is 0.313 e. The van der Waals surface area contributed by atoms with Crippen LogP contribution in [0.4, 0.5) is 10.1 Å². The van der Waals surface area contributed by atoms with Crippen LogP contribution in [0.3, 0.4) is 0 Å². The molecule has 1 atom stereocenters. The van der Waals surface area contributed by atoms with Crippen LogP contribution >= 0.6 is 0 Å². The van der Waals surface area contributed by atoms with Gasteiger partial charge in [-0.1, -0.05) is 36.4 Å². The predicted octanol–water partition coefficient (Wildman–Crippen LogP) is 2.36. The third-order valence-electron chi connectivity index (χ3n) is 3.98. The number of rotatable bonds is 6. The van der Waals surface area contributed by atoms with Crippen LogP contribution < -0.4 is 10.6 Å². The number of carbonyl (C=O) groups is 2. The molecule has 132 valence electrons. The van der Waals surface area contributed by atoms with Gasteiger partial charge in [0.2, 0.25) is 0 Å². The largest absolute Gasteiger partial charge is 0.396 e. The van der Waals surface area contributed by atoms with Gasteiger partial charge >= 0.3 is 11.8 Å². The maximum absolute atomic E-state index is 13.5. The van der Waals surface area contributed by atoms with Crippen LogP contribution in [0.25, 0.3) is 0 Å². The Balaban J connectivity index is 1.96. The molecule has 0 heterocycles. The van der Waals surface area contributed by atoms with E-state index in [-0.39, 0.29) is 30.3 Å². The Labute approximate surface area is 145 Å². The third-order valence-corrected chi connectivity index (χ3v) is 3.98. The summed E-state index contributed by atoms with van der Waals surface area (Å²) in [5, 5.41) is 14.2. The number of amides is 2. The van der Waals surface area contributed by atoms with Crippen LogP contribution in [0.5, 0.6) is 0 Å². The Morgan fingerprint density at radius 2 is 1.80 bits per heavy atom. The first-order valence-corrected chi connectivity index (χ1v) is 8.03. The van der Waals surface area contributed by atoms with Crippen molar-refractivity contribution in [1.29, 1.82) is 0 Å². The van der Waals surface area contributed by atoms with E-state index < -0.39 is 17.6 Å². The highest BCUT2D eigenvalue weighted by Gasteiger charge is 2.18. The number of nitrogens with one attached hydrogen (secondary N) is 2. The lowest BCUT2D eigenvalue weighted by Gasteiger charge is -2.17. The van der Waals surface area contributed by atoms with Crippen LogP contribution in [-0.4, -0.2) is 30.1 Å². The van der Waals surface area contributed by atoms with Crippen molar-refractivity contribution >= 4 is 17.5 Å². The van der Waals surface area contributed by atoms with Crippen LogP contribution in [0, 0.1) is 12.7 Å². The van der Waals surface area contributed by atoms with Crippen LogP contribution in [0.2, 0.25) is 0 Å². The monoisotopic (exact) mass is 344 g/mol. The highest BCUT2D eigenvalue weighted by molar-refractivity contribution is 6.39. The van der Waals surface area contributed by atoms with Crippen molar-refractivity contribution in [2.45, 2.75) is 19.3 Å². The summed E-state index contributed by atoms with van der Waals surface area (Å²) in [7, 11) is 0. The first-order chi connectivity index (χ1) is 12.0. The normalized spacial score (nSPS) is 11.6. The molecular weight excluding hydrogens is 323 g/mol. The van der Waals surface area contributed by atoms with E-state index in [9.17, 15) is 19.1 Å². The second kappa shape index (κ2) is 8.94. The molecule has 0 aliphatic carbocycles. The molecule has 25 heavy (non-hydrogen) atoms. The Hall–Kier alpha value is -2.73. The molecule has 0 radical (unpaired) electrons. The standard InChI is InChI=1S/C19H21FN2O3/c1-13-16(20)8-5-9-17(13)22-19(25)18(24)21-12-15(10-11-23)14-6-3-2-4-7-14/h2-9,15,23H,10-12H2,1H3,(H,21,24)(H,22,25). The molecule has 0 saturated heterocycles. The molecule has 1 unspecified atom stereocenters. The number of halogens is 1.